The molecule has 0 radical (unpaired) electrons. The predicted octanol–water partition coefficient (Wildman–Crippen LogP) is 2.91. The second-order valence-electron chi connectivity index (χ2n) is 7.58. The van der Waals surface area contributed by atoms with Crippen molar-refractivity contribution in [3.63, 3.8) is 0 Å². The zero-order valence-corrected chi connectivity index (χ0v) is 13.6. The van der Waals surface area contributed by atoms with Gasteiger partial charge < -0.3 is 15.7 Å². The third-order valence-electron chi connectivity index (χ3n) is 6.39. The Bertz CT molecular complexity index is 793. The molecule has 24 heavy (non-hydrogen) atoms. The third kappa shape index (κ3) is 2.00. The van der Waals surface area contributed by atoms with Crippen LogP contribution in [-0.2, 0) is 0 Å². The third-order valence-corrected chi connectivity index (χ3v) is 6.39. The van der Waals surface area contributed by atoms with Crippen LogP contribution in [0.3, 0.4) is 0 Å². The van der Waals surface area contributed by atoms with Gasteiger partial charge >= 0.3 is 0 Å². The molecule has 3 fully saturated rings. The summed E-state index contributed by atoms with van der Waals surface area (Å²) in [6, 6.07) is 9.22. The quantitative estimate of drug-likeness (QED) is 0.889. The van der Waals surface area contributed by atoms with Gasteiger partial charge in [-0.1, -0.05) is 12.1 Å². The van der Waals surface area contributed by atoms with E-state index >= 15 is 0 Å². The van der Waals surface area contributed by atoms with Gasteiger partial charge in [0.15, 0.2) is 5.82 Å². The summed E-state index contributed by atoms with van der Waals surface area (Å²) in [5, 5.41) is 18.5. The van der Waals surface area contributed by atoms with Crippen LogP contribution in [0.25, 0.3) is 11.3 Å². The molecule has 2 aromatic rings. The van der Waals surface area contributed by atoms with Gasteiger partial charge in [0.1, 0.15) is 5.75 Å². The zero-order valence-electron chi connectivity index (χ0n) is 13.6. The Balaban J connectivity index is 1.49. The Hall–Kier alpha value is -2.30. The summed E-state index contributed by atoms with van der Waals surface area (Å²) in [4.78, 5) is 2.40. The number of nitrogens with zero attached hydrogens (tertiary/aromatic N) is 3. The molecule has 124 valence electrons. The lowest BCUT2D eigenvalue weighted by atomic mass is 9.48. The van der Waals surface area contributed by atoms with Crippen LogP contribution in [0.5, 0.6) is 5.75 Å². The molecule has 1 aromatic heterocycles. The van der Waals surface area contributed by atoms with Crippen LogP contribution in [0.1, 0.15) is 19.3 Å². The lowest BCUT2D eigenvalue weighted by molar-refractivity contribution is -0.0786. The summed E-state index contributed by atoms with van der Waals surface area (Å²) in [6.45, 7) is 2.12. The fourth-order valence-electron chi connectivity index (χ4n) is 5.15. The lowest BCUT2D eigenvalue weighted by Gasteiger charge is -2.57. The van der Waals surface area contributed by atoms with E-state index in [0.29, 0.717) is 17.1 Å². The molecule has 2 unspecified atom stereocenters. The molecule has 0 spiro atoms. The average molecular weight is 322 g/mol. The standard InChI is InChI=1S/C19H22N4O/c20-19-16(9-15(21-22-19)14-3-1-2-4-17(14)24)23-6-5-11-7-12-8-13(10-23)18(11)12/h1-4,9,11-13,18,24H,5-8,10H2,(H2,20,22)/t11-,12?,13+,18?/m0/s1. The summed E-state index contributed by atoms with van der Waals surface area (Å²) in [7, 11) is 0. The number of phenols is 1. The summed E-state index contributed by atoms with van der Waals surface area (Å²) in [6.07, 6.45) is 4.07. The van der Waals surface area contributed by atoms with E-state index in [9.17, 15) is 5.11 Å². The van der Waals surface area contributed by atoms with Crippen LogP contribution in [0, 0.1) is 23.7 Å². The number of anilines is 2. The normalized spacial score (nSPS) is 30.8. The Morgan fingerprint density at radius 3 is 2.75 bits per heavy atom. The fraction of sp³-hybridized carbons (Fsp3) is 0.474. The van der Waals surface area contributed by atoms with E-state index < -0.39 is 0 Å². The largest absolute Gasteiger partial charge is 0.507 e. The number of phenolic OH excluding ortho intramolecular Hbond substituents is 1. The molecular formula is C19H22N4O. The first kappa shape index (κ1) is 14.1. The molecule has 3 N–H and O–H groups in total. The molecule has 1 aliphatic heterocycles. The first-order chi connectivity index (χ1) is 11.7. The van der Waals surface area contributed by atoms with Crippen LogP contribution >= 0.6 is 0 Å². The molecule has 3 aliphatic rings. The molecule has 4 atom stereocenters. The number of benzene rings is 1. The highest BCUT2D eigenvalue weighted by molar-refractivity contribution is 5.74. The van der Waals surface area contributed by atoms with Gasteiger partial charge in [-0.2, -0.15) is 0 Å². The van der Waals surface area contributed by atoms with Gasteiger partial charge in [-0.15, -0.1) is 10.2 Å². The number of nitrogens with two attached hydrogens (primary N) is 1. The van der Waals surface area contributed by atoms with Crippen molar-refractivity contribution in [2.45, 2.75) is 19.3 Å². The first-order valence-electron chi connectivity index (χ1n) is 8.87. The number of aromatic nitrogens is 2. The Labute approximate surface area is 141 Å². The van der Waals surface area contributed by atoms with Crippen molar-refractivity contribution >= 4 is 11.5 Å². The number of hydrogen-bond donors (Lipinski definition) is 2. The van der Waals surface area contributed by atoms with Crippen molar-refractivity contribution < 1.29 is 5.11 Å². The Kier molecular flexibility index (Phi) is 2.99. The van der Waals surface area contributed by atoms with Crippen molar-refractivity contribution in [3.8, 4) is 17.0 Å². The average Bonchev–Trinajstić information content (AvgIpc) is 2.63. The van der Waals surface area contributed by atoms with Gasteiger partial charge in [-0.3, -0.25) is 0 Å². The number of rotatable bonds is 2. The maximum absolute atomic E-state index is 10.1. The summed E-state index contributed by atoms with van der Waals surface area (Å²) in [5.74, 6) is 4.41. The minimum Gasteiger partial charge on any atom is -0.507 e. The topological polar surface area (TPSA) is 75.3 Å². The van der Waals surface area contributed by atoms with Crippen LogP contribution in [0.2, 0.25) is 0 Å². The molecule has 2 heterocycles. The molecular weight excluding hydrogens is 300 g/mol. The SMILES string of the molecule is Nc1nnc(-c2ccccc2O)cc1N1CC[C@H]2CC3C[C@H](C1)C32. The molecule has 5 nitrogen and oxygen atoms in total. The smallest absolute Gasteiger partial charge is 0.169 e. The molecule has 0 bridgehead atoms. The van der Waals surface area contributed by atoms with Crippen LogP contribution in [-0.4, -0.2) is 28.4 Å². The molecule has 1 saturated heterocycles. The highest BCUT2D eigenvalue weighted by Gasteiger charge is 2.54. The molecule has 2 aliphatic carbocycles. The van der Waals surface area contributed by atoms with Crippen LogP contribution < -0.4 is 10.6 Å². The maximum Gasteiger partial charge on any atom is 0.169 e. The van der Waals surface area contributed by atoms with Gasteiger partial charge in [-0.05, 0) is 61.1 Å². The zero-order chi connectivity index (χ0) is 16.3. The number of aromatic hydroxyl groups is 1. The Morgan fingerprint density at radius 1 is 1.08 bits per heavy atom. The van der Waals surface area contributed by atoms with E-state index in [4.69, 9.17) is 5.73 Å². The van der Waals surface area contributed by atoms with E-state index in [1.54, 1.807) is 6.07 Å². The molecule has 2 saturated carbocycles. The van der Waals surface area contributed by atoms with Gasteiger partial charge in [0.25, 0.3) is 0 Å². The maximum atomic E-state index is 10.1. The van der Waals surface area contributed by atoms with Gasteiger partial charge in [0.2, 0.25) is 0 Å². The van der Waals surface area contributed by atoms with Gasteiger partial charge in [-0.25, -0.2) is 0 Å². The van der Waals surface area contributed by atoms with Crippen molar-refractivity contribution in [2.75, 3.05) is 23.7 Å². The summed E-state index contributed by atoms with van der Waals surface area (Å²) in [5.41, 5.74) is 8.49. The highest BCUT2D eigenvalue weighted by atomic mass is 16.3. The summed E-state index contributed by atoms with van der Waals surface area (Å²) < 4.78 is 0. The summed E-state index contributed by atoms with van der Waals surface area (Å²) >= 11 is 0. The monoisotopic (exact) mass is 322 g/mol. The number of nitrogen functional groups attached to an aromatic ring is 1. The van der Waals surface area contributed by atoms with Crippen LogP contribution in [0.15, 0.2) is 30.3 Å². The van der Waals surface area contributed by atoms with Crippen molar-refractivity contribution in [1.82, 2.24) is 10.2 Å². The van der Waals surface area contributed by atoms with Crippen LogP contribution in [0.4, 0.5) is 11.5 Å². The van der Waals surface area contributed by atoms with Gasteiger partial charge in [0.05, 0.1) is 11.4 Å². The predicted molar refractivity (Wildman–Crippen MR) is 93.6 cm³/mol. The molecule has 1 aromatic carbocycles. The lowest BCUT2D eigenvalue weighted by Crippen LogP contribution is -2.52. The van der Waals surface area contributed by atoms with Crippen molar-refractivity contribution in [2.24, 2.45) is 23.7 Å². The van der Waals surface area contributed by atoms with E-state index in [0.717, 1.165) is 42.4 Å². The van der Waals surface area contributed by atoms with Crippen molar-refractivity contribution in [1.29, 1.82) is 0 Å². The highest BCUT2D eigenvalue weighted by Crippen LogP contribution is 2.60. The molecule has 5 heteroatoms. The second-order valence-corrected chi connectivity index (χ2v) is 7.58. The molecule has 5 rings (SSSR count). The number of para-hydroxylation sites is 1. The molecule has 0 amide bonds. The fourth-order valence-corrected chi connectivity index (χ4v) is 5.15. The van der Waals surface area contributed by atoms with Crippen molar-refractivity contribution in [3.05, 3.63) is 30.3 Å². The Morgan fingerprint density at radius 2 is 1.92 bits per heavy atom. The van der Waals surface area contributed by atoms with E-state index in [1.165, 1.54) is 19.3 Å². The van der Waals surface area contributed by atoms with Gasteiger partial charge in [0, 0.05) is 18.7 Å². The first-order valence-corrected chi connectivity index (χ1v) is 8.87. The number of hydrogen-bond acceptors (Lipinski definition) is 5. The minimum atomic E-state index is 0.221. The minimum absolute atomic E-state index is 0.221. The van der Waals surface area contributed by atoms with E-state index in [2.05, 4.69) is 15.1 Å². The van der Waals surface area contributed by atoms with E-state index in [1.807, 2.05) is 24.3 Å². The second kappa shape index (κ2) is 5.10. The van der Waals surface area contributed by atoms with E-state index in [-0.39, 0.29) is 5.75 Å².